The van der Waals surface area contributed by atoms with Gasteiger partial charge < -0.3 is 15.0 Å². The van der Waals surface area contributed by atoms with Crippen LogP contribution in [-0.2, 0) is 0 Å². The number of nitrogens with zero attached hydrogens (tertiary/aromatic N) is 2. The summed E-state index contributed by atoms with van der Waals surface area (Å²) in [7, 11) is 1.53. The van der Waals surface area contributed by atoms with Gasteiger partial charge in [-0.3, -0.25) is 10.1 Å². The topological polar surface area (TPSA) is 67.6 Å². The first-order valence-electron chi connectivity index (χ1n) is 7.43. The number of nitrogens with one attached hydrogen (secondary N) is 1. The molecule has 0 spiro atoms. The molecule has 1 heterocycles. The number of anilines is 1. The van der Waals surface area contributed by atoms with Crippen LogP contribution < -0.4 is 15.0 Å². The molecule has 0 saturated carbocycles. The van der Waals surface area contributed by atoms with Gasteiger partial charge in [-0.05, 0) is 38.8 Å². The van der Waals surface area contributed by atoms with Crippen molar-refractivity contribution in [1.82, 2.24) is 5.32 Å². The maximum absolute atomic E-state index is 11.0. The normalized spacial score (nSPS) is 18.3. The second kappa shape index (κ2) is 7.26. The molecule has 1 aliphatic rings. The molecule has 1 aromatic rings. The van der Waals surface area contributed by atoms with Crippen molar-refractivity contribution in [3.8, 4) is 5.75 Å². The number of rotatable bonds is 6. The minimum atomic E-state index is -0.373. The van der Waals surface area contributed by atoms with Crippen LogP contribution in [0.1, 0.15) is 19.8 Å². The third kappa shape index (κ3) is 4.07. The van der Waals surface area contributed by atoms with Gasteiger partial charge in [0.25, 0.3) is 5.69 Å². The van der Waals surface area contributed by atoms with Crippen LogP contribution >= 0.6 is 0 Å². The van der Waals surface area contributed by atoms with Crippen molar-refractivity contribution in [3.05, 3.63) is 28.3 Å². The molecule has 1 unspecified atom stereocenters. The number of ether oxygens (including phenoxy) is 1. The summed E-state index contributed by atoms with van der Waals surface area (Å²) in [6, 6.07) is 4.95. The molecule has 116 valence electrons. The van der Waals surface area contributed by atoms with Crippen LogP contribution in [0.3, 0.4) is 0 Å². The lowest BCUT2D eigenvalue weighted by Gasteiger charge is -2.31. The highest BCUT2D eigenvalue weighted by atomic mass is 16.6. The Kier molecular flexibility index (Phi) is 5.38. The van der Waals surface area contributed by atoms with Crippen molar-refractivity contribution in [2.75, 3.05) is 38.2 Å². The second-order valence-corrected chi connectivity index (χ2v) is 5.40. The number of nitro benzene ring substituents is 1. The fourth-order valence-electron chi connectivity index (χ4n) is 2.78. The fourth-order valence-corrected chi connectivity index (χ4v) is 2.78. The number of nitro groups is 1. The molecule has 6 nitrogen and oxygen atoms in total. The Balaban J connectivity index is 2.19. The van der Waals surface area contributed by atoms with Crippen LogP contribution in [0.15, 0.2) is 18.2 Å². The van der Waals surface area contributed by atoms with Crippen LogP contribution in [0.25, 0.3) is 0 Å². The summed E-state index contributed by atoms with van der Waals surface area (Å²) in [6.45, 7) is 5.91. The molecular formula is C15H23N3O3. The monoisotopic (exact) mass is 293 g/mol. The fraction of sp³-hybridized carbons (Fsp3) is 0.600. The van der Waals surface area contributed by atoms with Crippen LogP contribution in [-0.4, -0.2) is 38.2 Å². The molecule has 1 fully saturated rings. The van der Waals surface area contributed by atoms with E-state index < -0.39 is 0 Å². The van der Waals surface area contributed by atoms with E-state index in [9.17, 15) is 10.1 Å². The van der Waals surface area contributed by atoms with Gasteiger partial charge in [-0.2, -0.15) is 0 Å². The van der Waals surface area contributed by atoms with Gasteiger partial charge in [0.2, 0.25) is 0 Å². The molecule has 2 rings (SSSR count). The molecule has 1 aliphatic heterocycles. The van der Waals surface area contributed by atoms with Crippen molar-refractivity contribution in [3.63, 3.8) is 0 Å². The van der Waals surface area contributed by atoms with Gasteiger partial charge in [0.1, 0.15) is 5.75 Å². The van der Waals surface area contributed by atoms with Gasteiger partial charge in [-0.1, -0.05) is 0 Å². The summed E-state index contributed by atoms with van der Waals surface area (Å²) in [5.41, 5.74) is 0.929. The summed E-state index contributed by atoms with van der Waals surface area (Å²) in [5.74, 6) is 1.11. The van der Waals surface area contributed by atoms with Gasteiger partial charge >= 0.3 is 0 Å². The number of piperidine rings is 1. The lowest BCUT2D eigenvalue weighted by Crippen LogP contribution is -2.38. The quantitative estimate of drug-likeness (QED) is 0.644. The minimum Gasteiger partial charge on any atom is -0.496 e. The second-order valence-electron chi connectivity index (χ2n) is 5.40. The van der Waals surface area contributed by atoms with Crippen molar-refractivity contribution in [2.24, 2.45) is 5.92 Å². The maximum Gasteiger partial charge on any atom is 0.275 e. The van der Waals surface area contributed by atoms with E-state index in [0.717, 1.165) is 31.9 Å². The molecule has 1 saturated heterocycles. The lowest BCUT2D eigenvalue weighted by molar-refractivity contribution is -0.384. The number of hydrogen-bond donors (Lipinski definition) is 1. The summed E-state index contributed by atoms with van der Waals surface area (Å²) in [5, 5.41) is 14.5. The van der Waals surface area contributed by atoms with E-state index >= 15 is 0 Å². The number of methoxy groups -OCH3 is 1. The third-order valence-corrected chi connectivity index (χ3v) is 3.95. The number of hydrogen-bond acceptors (Lipinski definition) is 5. The Morgan fingerprint density at radius 1 is 1.48 bits per heavy atom. The average Bonchev–Trinajstić information content (AvgIpc) is 2.53. The molecule has 0 bridgehead atoms. The molecule has 1 N–H and O–H groups in total. The Hall–Kier alpha value is -1.82. The van der Waals surface area contributed by atoms with Crippen molar-refractivity contribution in [2.45, 2.75) is 19.8 Å². The number of benzene rings is 1. The predicted octanol–water partition coefficient (Wildman–Crippen LogP) is 2.43. The highest BCUT2D eigenvalue weighted by molar-refractivity contribution is 5.58. The first-order valence-corrected chi connectivity index (χ1v) is 7.43. The SMILES string of the molecule is CCN(CC1CCCNC1)c1cc(OC)cc([N+](=O)[O-])c1. The first-order chi connectivity index (χ1) is 10.1. The maximum atomic E-state index is 11.0. The van der Waals surface area contributed by atoms with Crippen molar-refractivity contribution >= 4 is 11.4 Å². The Morgan fingerprint density at radius 3 is 2.86 bits per heavy atom. The van der Waals surface area contributed by atoms with E-state index in [4.69, 9.17) is 4.74 Å². The molecule has 1 atom stereocenters. The van der Waals surface area contributed by atoms with Crippen molar-refractivity contribution in [1.29, 1.82) is 0 Å². The molecule has 21 heavy (non-hydrogen) atoms. The van der Waals surface area contributed by atoms with E-state index in [0.29, 0.717) is 11.7 Å². The zero-order chi connectivity index (χ0) is 15.2. The van der Waals surface area contributed by atoms with Gasteiger partial charge in [0.15, 0.2) is 0 Å². The average molecular weight is 293 g/mol. The zero-order valence-electron chi connectivity index (χ0n) is 12.7. The minimum absolute atomic E-state index is 0.0737. The molecule has 0 aromatic heterocycles. The summed E-state index contributed by atoms with van der Waals surface area (Å²) >= 11 is 0. The smallest absolute Gasteiger partial charge is 0.275 e. The van der Waals surface area contributed by atoms with E-state index in [2.05, 4.69) is 17.1 Å². The highest BCUT2D eigenvalue weighted by Crippen LogP contribution is 2.29. The largest absolute Gasteiger partial charge is 0.496 e. The first kappa shape index (κ1) is 15.6. The van der Waals surface area contributed by atoms with E-state index in [1.807, 2.05) is 6.07 Å². The molecule has 1 aromatic carbocycles. The molecular weight excluding hydrogens is 270 g/mol. The van der Waals surface area contributed by atoms with Crippen LogP contribution in [0.5, 0.6) is 5.75 Å². The lowest BCUT2D eigenvalue weighted by atomic mass is 9.99. The Labute approximate surface area is 125 Å². The summed E-state index contributed by atoms with van der Waals surface area (Å²) in [6.07, 6.45) is 2.40. The zero-order valence-corrected chi connectivity index (χ0v) is 12.7. The van der Waals surface area contributed by atoms with Crippen LogP contribution in [0, 0.1) is 16.0 Å². The summed E-state index contributed by atoms with van der Waals surface area (Å²) < 4.78 is 5.19. The van der Waals surface area contributed by atoms with Gasteiger partial charge in [-0.15, -0.1) is 0 Å². The van der Waals surface area contributed by atoms with E-state index in [1.54, 1.807) is 6.07 Å². The molecule has 6 heteroatoms. The van der Waals surface area contributed by atoms with Gasteiger partial charge in [0, 0.05) is 30.9 Å². The van der Waals surface area contributed by atoms with E-state index in [1.165, 1.54) is 26.0 Å². The van der Waals surface area contributed by atoms with Crippen molar-refractivity contribution < 1.29 is 9.66 Å². The highest BCUT2D eigenvalue weighted by Gasteiger charge is 2.19. The van der Waals surface area contributed by atoms with Crippen LogP contribution in [0.2, 0.25) is 0 Å². The van der Waals surface area contributed by atoms with Crippen LogP contribution in [0.4, 0.5) is 11.4 Å². The molecule has 0 radical (unpaired) electrons. The molecule has 0 amide bonds. The third-order valence-electron chi connectivity index (χ3n) is 3.95. The molecule has 0 aliphatic carbocycles. The van der Waals surface area contributed by atoms with Gasteiger partial charge in [-0.25, -0.2) is 0 Å². The Bertz CT molecular complexity index is 487. The van der Waals surface area contributed by atoms with Gasteiger partial charge in [0.05, 0.1) is 18.1 Å². The predicted molar refractivity (Wildman–Crippen MR) is 83.1 cm³/mol. The number of non-ortho nitro benzene ring substituents is 1. The summed E-state index contributed by atoms with van der Waals surface area (Å²) in [4.78, 5) is 12.9. The van der Waals surface area contributed by atoms with E-state index in [-0.39, 0.29) is 10.6 Å². The Morgan fingerprint density at radius 2 is 2.29 bits per heavy atom. The standard InChI is InChI=1S/C15H23N3O3/c1-3-17(11-12-5-4-6-16-10-12)13-7-14(18(19)20)9-15(8-13)21-2/h7-9,12,16H,3-6,10-11H2,1-2H3.